The van der Waals surface area contributed by atoms with Crippen molar-refractivity contribution in [2.24, 2.45) is 21.6 Å². The van der Waals surface area contributed by atoms with Crippen molar-refractivity contribution in [1.29, 1.82) is 0 Å². The average Bonchev–Trinajstić information content (AvgIpc) is 3.93. The second kappa shape index (κ2) is 12.5. The standard InChI is InChI=1S/C36H38ClF3N8O3/c1-33(2,3)19-35(24-7-4-21(5-8-24)23-16-44-47(17-23)25-9-10-25)31(50)48(32(41)45-35)28(18-51-29(49)15-34(12-13-34)36(38,39)40)22-6-11-27(37)26(14-22)30-42-20-43-46-30/h4-8,11,14,16-17,20,25,28H,9-10,12-13,15,18-19H2,1-3H3,(H2,41,45)(H,42,43,46)/t28-,35-/m1/s1. The van der Waals surface area contributed by atoms with Crippen LogP contribution in [0.2, 0.25) is 5.02 Å². The van der Waals surface area contributed by atoms with Crippen molar-refractivity contribution in [3.63, 3.8) is 0 Å². The molecule has 1 amide bonds. The van der Waals surface area contributed by atoms with Crippen molar-refractivity contribution >= 4 is 29.4 Å². The monoisotopic (exact) mass is 722 g/mol. The van der Waals surface area contributed by atoms with E-state index in [1.165, 1.54) is 11.2 Å². The number of amides is 1. The Labute approximate surface area is 297 Å². The highest BCUT2D eigenvalue weighted by Crippen LogP contribution is 2.60. The van der Waals surface area contributed by atoms with E-state index in [0.29, 0.717) is 33.6 Å². The molecule has 2 saturated carbocycles. The lowest BCUT2D eigenvalue weighted by Gasteiger charge is -2.35. The Balaban J connectivity index is 1.24. The lowest BCUT2D eigenvalue weighted by Crippen LogP contribution is -2.47. The predicted molar refractivity (Wildman–Crippen MR) is 183 cm³/mol. The Hall–Kier alpha value is -4.72. The molecule has 2 aromatic carbocycles. The zero-order chi connectivity index (χ0) is 36.3. The zero-order valence-electron chi connectivity index (χ0n) is 28.4. The number of benzene rings is 2. The Morgan fingerprint density at radius 2 is 1.84 bits per heavy atom. The van der Waals surface area contributed by atoms with Gasteiger partial charge >= 0.3 is 12.1 Å². The number of carbonyl (C=O) groups is 2. The molecule has 3 heterocycles. The fraction of sp³-hybridized carbons (Fsp3) is 0.444. The maximum Gasteiger partial charge on any atom is 0.395 e. The molecule has 2 aromatic heterocycles. The first kappa shape index (κ1) is 34.7. The number of ether oxygens (including phenoxy) is 1. The van der Waals surface area contributed by atoms with Crippen LogP contribution in [0.15, 0.2) is 66.2 Å². The van der Waals surface area contributed by atoms with Crippen LogP contribution in [0.3, 0.4) is 0 Å². The molecule has 15 heteroatoms. The minimum atomic E-state index is -4.53. The normalized spacial score (nSPS) is 20.7. The summed E-state index contributed by atoms with van der Waals surface area (Å²) in [5.74, 6) is -1.26. The molecule has 4 aromatic rings. The maximum atomic E-state index is 14.9. The van der Waals surface area contributed by atoms with Crippen LogP contribution in [0, 0.1) is 10.8 Å². The minimum absolute atomic E-state index is 0.120. The fourth-order valence-electron chi connectivity index (χ4n) is 6.84. The van der Waals surface area contributed by atoms with E-state index >= 15 is 0 Å². The highest BCUT2D eigenvalue weighted by Gasteiger charge is 2.64. The van der Waals surface area contributed by atoms with E-state index in [2.05, 4.69) is 20.3 Å². The summed E-state index contributed by atoms with van der Waals surface area (Å²) in [7, 11) is 0. The number of nitrogens with two attached hydrogens (primary N) is 1. The van der Waals surface area contributed by atoms with Crippen LogP contribution in [0.5, 0.6) is 0 Å². The van der Waals surface area contributed by atoms with Crippen LogP contribution in [0.25, 0.3) is 22.5 Å². The van der Waals surface area contributed by atoms with E-state index in [1.54, 1.807) is 18.2 Å². The van der Waals surface area contributed by atoms with Crippen LogP contribution >= 0.6 is 11.6 Å². The first-order chi connectivity index (χ1) is 24.1. The number of guanidine groups is 1. The van der Waals surface area contributed by atoms with Crippen LogP contribution in [-0.2, 0) is 19.9 Å². The topological polar surface area (TPSA) is 144 Å². The quantitative estimate of drug-likeness (QED) is 0.157. The van der Waals surface area contributed by atoms with E-state index in [9.17, 15) is 22.8 Å². The molecule has 51 heavy (non-hydrogen) atoms. The smallest absolute Gasteiger partial charge is 0.395 e. The van der Waals surface area contributed by atoms with Gasteiger partial charge in [0.25, 0.3) is 5.91 Å². The number of aromatic nitrogens is 5. The van der Waals surface area contributed by atoms with E-state index in [1.807, 2.05) is 62.1 Å². The van der Waals surface area contributed by atoms with Gasteiger partial charge in [-0.15, -0.1) is 0 Å². The molecular formula is C36H38ClF3N8O3. The summed E-state index contributed by atoms with van der Waals surface area (Å²) in [5.41, 5.74) is 6.07. The summed E-state index contributed by atoms with van der Waals surface area (Å²) >= 11 is 6.52. The second-order valence-corrected chi connectivity index (χ2v) is 15.4. The van der Waals surface area contributed by atoms with Crippen LogP contribution in [-0.4, -0.2) is 60.5 Å². The van der Waals surface area contributed by atoms with Gasteiger partial charge in [0.15, 0.2) is 17.3 Å². The Kier molecular flexibility index (Phi) is 8.51. The number of nitrogens with zero attached hydrogens (tertiary/aromatic N) is 6. The summed E-state index contributed by atoms with van der Waals surface area (Å²) in [4.78, 5) is 38.2. The van der Waals surface area contributed by atoms with Crippen LogP contribution in [0.1, 0.15) is 82.5 Å². The molecule has 0 unspecified atom stereocenters. The van der Waals surface area contributed by atoms with Gasteiger partial charge < -0.3 is 10.5 Å². The highest BCUT2D eigenvalue weighted by molar-refractivity contribution is 6.33. The molecule has 0 saturated heterocycles. The molecule has 2 fully saturated rings. The van der Waals surface area contributed by atoms with Crippen molar-refractivity contribution in [1.82, 2.24) is 29.9 Å². The first-order valence-electron chi connectivity index (χ1n) is 16.8. The molecule has 11 nitrogen and oxygen atoms in total. The van der Waals surface area contributed by atoms with Gasteiger partial charge in [0, 0.05) is 17.3 Å². The number of aromatic amines is 1. The van der Waals surface area contributed by atoms with Crippen molar-refractivity contribution in [2.45, 2.75) is 83.1 Å². The number of hydrogen-bond donors (Lipinski definition) is 2. The summed E-state index contributed by atoms with van der Waals surface area (Å²) < 4.78 is 48.6. The summed E-state index contributed by atoms with van der Waals surface area (Å²) in [5, 5.41) is 11.5. The molecule has 3 aliphatic rings. The van der Waals surface area contributed by atoms with E-state index in [-0.39, 0.29) is 25.2 Å². The third-order valence-corrected chi connectivity index (χ3v) is 10.2. The number of H-pyrrole nitrogens is 1. The van der Waals surface area contributed by atoms with Crippen LogP contribution < -0.4 is 5.73 Å². The molecule has 268 valence electrons. The van der Waals surface area contributed by atoms with Gasteiger partial charge in [-0.1, -0.05) is 62.7 Å². The van der Waals surface area contributed by atoms with E-state index in [0.717, 1.165) is 24.0 Å². The molecule has 2 atom stereocenters. The fourth-order valence-corrected chi connectivity index (χ4v) is 7.04. The number of nitrogens with one attached hydrogen (secondary N) is 1. The van der Waals surface area contributed by atoms with Crippen molar-refractivity contribution in [3.8, 4) is 22.5 Å². The Morgan fingerprint density at radius 1 is 1.12 bits per heavy atom. The van der Waals surface area contributed by atoms with Gasteiger partial charge in [-0.25, -0.2) is 9.98 Å². The first-order valence-corrected chi connectivity index (χ1v) is 17.2. The molecule has 2 aliphatic carbocycles. The number of aliphatic imine (C=N–C) groups is 1. The highest BCUT2D eigenvalue weighted by atomic mass is 35.5. The minimum Gasteiger partial charge on any atom is -0.463 e. The van der Waals surface area contributed by atoms with Gasteiger partial charge in [-0.2, -0.15) is 23.4 Å². The second-order valence-electron chi connectivity index (χ2n) is 15.0. The Bertz CT molecular complexity index is 1980. The predicted octanol–water partition coefficient (Wildman–Crippen LogP) is 7.13. The van der Waals surface area contributed by atoms with Gasteiger partial charge in [0.2, 0.25) is 0 Å². The number of esters is 1. The van der Waals surface area contributed by atoms with E-state index in [4.69, 9.17) is 27.1 Å². The number of halogens is 4. The number of hydrogen-bond acceptors (Lipinski definition) is 8. The lowest BCUT2D eigenvalue weighted by atomic mass is 9.75. The summed E-state index contributed by atoms with van der Waals surface area (Å²) in [6.07, 6.45) is 2.01. The van der Waals surface area contributed by atoms with Gasteiger partial charge in [0.1, 0.15) is 12.9 Å². The third kappa shape index (κ3) is 6.73. The van der Waals surface area contributed by atoms with Crippen LogP contribution in [0.4, 0.5) is 13.2 Å². The third-order valence-electron chi connectivity index (χ3n) is 9.83. The molecule has 7 rings (SSSR count). The van der Waals surface area contributed by atoms with Crippen molar-refractivity contribution < 1.29 is 27.5 Å². The molecule has 3 N–H and O–H groups in total. The maximum absolute atomic E-state index is 14.9. The Morgan fingerprint density at radius 3 is 2.45 bits per heavy atom. The number of carbonyl (C=O) groups excluding carboxylic acids is 2. The summed E-state index contributed by atoms with van der Waals surface area (Å²) in [6, 6.07) is 11.8. The number of rotatable bonds is 11. The molecule has 0 radical (unpaired) electrons. The lowest BCUT2D eigenvalue weighted by molar-refractivity contribution is -0.195. The SMILES string of the molecule is CC(C)(C)C[C@]1(c2ccc(-c3cnn(C4CC4)c3)cc2)N=C(N)N([C@H](COC(=O)CC2(C(F)(F)F)CC2)c2ccc(Cl)c(-c3ncn[nH]3)c2)C1=O. The van der Waals surface area contributed by atoms with Crippen molar-refractivity contribution in [2.75, 3.05) is 6.61 Å². The molecule has 1 aliphatic heterocycles. The van der Waals surface area contributed by atoms with E-state index < -0.39 is 53.5 Å². The largest absolute Gasteiger partial charge is 0.463 e. The van der Waals surface area contributed by atoms with Gasteiger partial charge in [0.05, 0.1) is 35.1 Å². The molecular weight excluding hydrogens is 685 g/mol. The molecule has 0 bridgehead atoms. The van der Waals surface area contributed by atoms with Crippen molar-refractivity contribution in [3.05, 3.63) is 77.3 Å². The average molecular weight is 723 g/mol. The van der Waals surface area contributed by atoms with Gasteiger partial charge in [-0.3, -0.25) is 24.3 Å². The number of alkyl halides is 3. The zero-order valence-corrected chi connectivity index (χ0v) is 29.1. The summed E-state index contributed by atoms with van der Waals surface area (Å²) in [6.45, 7) is 5.50. The van der Waals surface area contributed by atoms with Gasteiger partial charge in [-0.05, 0) is 66.3 Å². The molecule has 0 spiro atoms.